The molecule has 0 fully saturated rings. The fourth-order valence-electron chi connectivity index (χ4n) is 3.06. The normalized spacial score (nSPS) is 11.8. The summed E-state index contributed by atoms with van der Waals surface area (Å²) in [5.74, 6) is 1.24. The molecule has 1 atom stereocenters. The Bertz CT molecular complexity index is 1010. The Morgan fingerprint density at radius 2 is 2.13 bits per heavy atom. The molecule has 0 bridgehead atoms. The van der Waals surface area contributed by atoms with Gasteiger partial charge in [-0.15, -0.1) is 0 Å². The van der Waals surface area contributed by atoms with Crippen molar-refractivity contribution < 1.29 is 18.7 Å². The second kappa shape index (κ2) is 9.89. The minimum Gasteiger partial charge on any atom is -0.496 e. The summed E-state index contributed by atoms with van der Waals surface area (Å²) in [6, 6.07) is 11.1. The van der Waals surface area contributed by atoms with Crippen LogP contribution in [-0.2, 0) is 24.4 Å². The Morgan fingerprint density at radius 1 is 1.30 bits per heavy atom. The monoisotopic (exact) mass is 412 g/mol. The molecular formula is C22H25FN4O3. The highest BCUT2D eigenvalue weighted by molar-refractivity contribution is 5.80. The topological polar surface area (TPSA) is 102 Å². The standard InChI is InChI=1S/C22H25FN4O3/c1-14-25-12-18(27-14)9-20(22(24)28)26-11-16-6-7-19(10-21(16)29-2)30-13-15-4-3-5-17(23)8-15/h3-8,10,12,20,26H,9,11,13H2,1-2H3,(H2,24,28)(H,25,27). The highest BCUT2D eigenvalue weighted by Gasteiger charge is 2.17. The first kappa shape index (κ1) is 21.3. The minimum atomic E-state index is -0.557. The van der Waals surface area contributed by atoms with Crippen LogP contribution in [0, 0.1) is 12.7 Å². The number of aromatic nitrogens is 2. The van der Waals surface area contributed by atoms with Gasteiger partial charge in [-0.05, 0) is 30.7 Å². The van der Waals surface area contributed by atoms with Gasteiger partial charge in [0.15, 0.2) is 0 Å². The molecule has 4 N–H and O–H groups in total. The summed E-state index contributed by atoms with van der Waals surface area (Å²) in [5.41, 5.74) is 7.96. The van der Waals surface area contributed by atoms with E-state index in [1.165, 1.54) is 12.1 Å². The molecule has 1 amide bonds. The zero-order valence-corrected chi connectivity index (χ0v) is 16.9. The van der Waals surface area contributed by atoms with E-state index in [9.17, 15) is 9.18 Å². The summed E-state index contributed by atoms with van der Waals surface area (Å²) in [4.78, 5) is 19.1. The first-order valence-corrected chi connectivity index (χ1v) is 9.52. The van der Waals surface area contributed by atoms with E-state index >= 15 is 0 Å². The number of amides is 1. The Hall–Kier alpha value is -3.39. The zero-order valence-electron chi connectivity index (χ0n) is 16.9. The van der Waals surface area contributed by atoms with Gasteiger partial charge < -0.3 is 25.5 Å². The van der Waals surface area contributed by atoms with Crippen LogP contribution in [0.5, 0.6) is 11.5 Å². The van der Waals surface area contributed by atoms with Crippen LogP contribution in [-0.4, -0.2) is 29.0 Å². The number of carbonyl (C=O) groups excluding carboxylic acids is 1. The lowest BCUT2D eigenvalue weighted by Gasteiger charge is -2.17. The third-order valence-corrected chi connectivity index (χ3v) is 4.61. The van der Waals surface area contributed by atoms with Crippen LogP contribution in [0.3, 0.4) is 0 Å². The predicted octanol–water partition coefficient (Wildman–Crippen LogP) is 2.63. The van der Waals surface area contributed by atoms with Gasteiger partial charge in [-0.1, -0.05) is 18.2 Å². The molecule has 0 aliphatic carbocycles. The van der Waals surface area contributed by atoms with Crippen LogP contribution in [0.15, 0.2) is 48.7 Å². The number of nitrogens with two attached hydrogens (primary N) is 1. The molecule has 1 unspecified atom stereocenters. The van der Waals surface area contributed by atoms with E-state index in [4.69, 9.17) is 15.2 Å². The molecule has 0 saturated carbocycles. The number of methoxy groups -OCH3 is 1. The number of aryl methyl sites for hydroxylation is 1. The summed E-state index contributed by atoms with van der Waals surface area (Å²) >= 11 is 0. The van der Waals surface area contributed by atoms with E-state index in [0.717, 1.165) is 22.6 Å². The second-order valence-electron chi connectivity index (χ2n) is 6.93. The number of aromatic amines is 1. The van der Waals surface area contributed by atoms with Crippen LogP contribution in [0.2, 0.25) is 0 Å². The van der Waals surface area contributed by atoms with Crippen molar-refractivity contribution in [1.29, 1.82) is 0 Å². The average Bonchev–Trinajstić information content (AvgIpc) is 3.14. The largest absolute Gasteiger partial charge is 0.496 e. The average molecular weight is 412 g/mol. The molecule has 0 aliphatic rings. The predicted molar refractivity (Wildman–Crippen MR) is 111 cm³/mol. The number of benzene rings is 2. The highest BCUT2D eigenvalue weighted by atomic mass is 19.1. The molecule has 3 rings (SSSR count). The third kappa shape index (κ3) is 5.81. The Labute approximate surface area is 174 Å². The number of halogens is 1. The number of primary amides is 1. The molecule has 0 aliphatic heterocycles. The van der Waals surface area contributed by atoms with Gasteiger partial charge in [0.25, 0.3) is 0 Å². The molecule has 3 aromatic rings. The maximum Gasteiger partial charge on any atom is 0.234 e. The fourth-order valence-corrected chi connectivity index (χ4v) is 3.06. The van der Waals surface area contributed by atoms with Crippen molar-refractivity contribution >= 4 is 5.91 Å². The molecule has 1 heterocycles. The van der Waals surface area contributed by atoms with Crippen molar-refractivity contribution in [2.24, 2.45) is 5.73 Å². The number of imidazole rings is 1. The number of nitrogens with zero attached hydrogens (tertiary/aromatic N) is 1. The van der Waals surface area contributed by atoms with Crippen molar-refractivity contribution in [3.8, 4) is 11.5 Å². The van der Waals surface area contributed by atoms with Crippen LogP contribution in [0.4, 0.5) is 4.39 Å². The van der Waals surface area contributed by atoms with Crippen LogP contribution in [0.1, 0.15) is 22.6 Å². The zero-order chi connectivity index (χ0) is 21.5. The Kier molecular flexibility index (Phi) is 7.03. The molecule has 7 nitrogen and oxygen atoms in total. The van der Waals surface area contributed by atoms with E-state index in [1.54, 1.807) is 37.6 Å². The van der Waals surface area contributed by atoms with E-state index in [2.05, 4.69) is 15.3 Å². The lowest BCUT2D eigenvalue weighted by atomic mass is 10.1. The summed E-state index contributed by atoms with van der Waals surface area (Å²) in [5, 5.41) is 3.17. The van der Waals surface area contributed by atoms with E-state index < -0.39 is 11.9 Å². The SMILES string of the molecule is COc1cc(OCc2cccc(F)c2)ccc1CNC(Cc1cnc(C)[nH]1)C(N)=O. The Morgan fingerprint density at radius 3 is 2.80 bits per heavy atom. The van der Waals surface area contributed by atoms with Gasteiger partial charge in [0.1, 0.15) is 29.7 Å². The summed E-state index contributed by atoms with van der Waals surface area (Å²) in [6.45, 7) is 2.47. The number of rotatable bonds is 10. The Balaban J connectivity index is 1.62. The lowest BCUT2D eigenvalue weighted by molar-refractivity contribution is -0.120. The van der Waals surface area contributed by atoms with E-state index in [-0.39, 0.29) is 12.4 Å². The van der Waals surface area contributed by atoms with Gasteiger partial charge >= 0.3 is 0 Å². The smallest absolute Gasteiger partial charge is 0.234 e. The first-order valence-electron chi connectivity index (χ1n) is 9.52. The highest BCUT2D eigenvalue weighted by Crippen LogP contribution is 2.25. The second-order valence-corrected chi connectivity index (χ2v) is 6.93. The van der Waals surface area contributed by atoms with Gasteiger partial charge in [0, 0.05) is 36.5 Å². The molecular weight excluding hydrogens is 387 g/mol. The van der Waals surface area contributed by atoms with Crippen molar-refractivity contribution in [1.82, 2.24) is 15.3 Å². The molecule has 2 aromatic carbocycles. The number of hydrogen-bond acceptors (Lipinski definition) is 5. The maximum atomic E-state index is 13.3. The van der Waals surface area contributed by atoms with E-state index in [1.807, 2.05) is 13.0 Å². The molecule has 158 valence electrons. The minimum absolute atomic E-state index is 0.242. The maximum absolute atomic E-state index is 13.3. The van der Waals surface area contributed by atoms with Gasteiger partial charge in [0.2, 0.25) is 5.91 Å². The van der Waals surface area contributed by atoms with Gasteiger partial charge in [-0.25, -0.2) is 9.37 Å². The molecule has 1 aromatic heterocycles. The number of H-pyrrole nitrogens is 1. The number of carbonyl (C=O) groups is 1. The number of hydrogen-bond donors (Lipinski definition) is 3. The van der Waals surface area contributed by atoms with Crippen LogP contribution >= 0.6 is 0 Å². The molecule has 0 spiro atoms. The van der Waals surface area contributed by atoms with Gasteiger partial charge in [-0.2, -0.15) is 0 Å². The molecule has 0 saturated heterocycles. The summed E-state index contributed by atoms with van der Waals surface area (Å²) < 4.78 is 24.5. The quantitative estimate of drug-likeness (QED) is 0.475. The number of ether oxygens (including phenoxy) is 2. The fraction of sp³-hybridized carbons (Fsp3) is 0.273. The van der Waals surface area contributed by atoms with E-state index in [0.29, 0.717) is 24.5 Å². The first-order chi connectivity index (χ1) is 14.4. The van der Waals surface area contributed by atoms with Gasteiger partial charge in [0.05, 0.1) is 13.2 Å². The summed E-state index contributed by atoms with van der Waals surface area (Å²) in [7, 11) is 1.56. The van der Waals surface area contributed by atoms with Crippen molar-refractivity contribution in [3.63, 3.8) is 0 Å². The lowest BCUT2D eigenvalue weighted by Crippen LogP contribution is -2.42. The molecule has 30 heavy (non-hydrogen) atoms. The summed E-state index contributed by atoms with van der Waals surface area (Å²) in [6.07, 6.45) is 2.10. The third-order valence-electron chi connectivity index (χ3n) is 4.61. The van der Waals surface area contributed by atoms with Crippen molar-refractivity contribution in [2.45, 2.75) is 32.5 Å². The van der Waals surface area contributed by atoms with Crippen LogP contribution < -0.4 is 20.5 Å². The van der Waals surface area contributed by atoms with Gasteiger partial charge in [-0.3, -0.25) is 4.79 Å². The van der Waals surface area contributed by atoms with Crippen molar-refractivity contribution in [3.05, 3.63) is 77.1 Å². The number of nitrogens with one attached hydrogen (secondary N) is 2. The van der Waals surface area contributed by atoms with Crippen LogP contribution in [0.25, 0.3) is 0 Å². The van der Waals surface area contributed by atoms with Crippen molar-refractivity contribution in [2.75, 3.05) is 7.11 Å². The molecule has 0 radical (unpaired) electrons. The molecule has 8 heteroatoms.